The van der Waals surface area contributed by atoms with Crippen LogP contribution in [0.2, 0.25) is 0 Å². The van der Waals surface area contributed by atoms with E-state index in [0.29, 0.717) is 0 Å². The molecule has 6 heteroatoms. The number of hydrogen-bond donors (Lipinski definition) is 1. The highest BCUT2D eigenvalue weighted by molar-refractivity contribution is 5.91. The van der Waals surface area contributed by atoms with Gasteiger partial charge in [0, 0.05) is 23.2 Å². The van der Waals surface area contributed by atoms with Gasteiger partial charge in [-0.15, -0.1) is 0 Å². The standard InChI is InChI=1S/C16H13N3O3/c1-20-11-3-4-12-13(7-11)17-8-18-16(12)19-10-2-5-14-15(6-10)22-9-21-14/h2-8H,9H2,1H3,(H,17,18,19). The highest BCUT2D eigenvalue weighted by Crippen LogP contribution is 2.35. The predicted molar refractivity (Wildman–Crippen MR) is 81.9 cm³/mol. The van der Waals surface area contributed by atoms with Crippen LogP contribution in [0.4, 0.5) is 11.5 Å². The number of rotatable bonds is 3. The summed E-state index contributed by atoms with van der Waals surface area (Å²) in [7, 11) is 1.63. The fourth-order valence-electron chi connectivity index (χ4n) is 2.37. The van der Waals surface area contributed by atoms with E-state index < -0.39 is 0 Å². The molecular formula is C16H13N3O3. The van der Waals surface area contributed by atoms with Gasteiger partial charge in [0.2, 0.25) is 6.79 Å². The number of ether oxygens (including phenoxy) is 3. The van der Waals surface area contributed by atoms with Crippen LogP contribution in [0.1, 0.15) is 0 Å². The van der Waals surface area contributed by atoms with Gasteiger partial charge in [-0.3, -0.25) is 0 Å². The average Bonchev–Trinajstić information content (AvgIpc) is 3.02. The summed E-state index contributed by atoms with van der Waals surface area (Å²) in [6.45, 7) is 0.259. The molecule has 2 aromatic carbocycles. The Morgan fingerprint density at radius 3 is 2.86 bits per heavy atom. The number of nitrogens with one attached hydrogen (secondary N) is 1. The van der Waals surface area contributed by atoms with E-state index >= 15 is 0 Å². The molecule has 0 atom stereocenters. The second kappa shape index (κ2) is 5.07. The van der Waals surface area contributed by atoms with Gasteiger partial charge in [0.1, 0.15) is 17.9 Å². The molecule has 0 fully saturated rings. The van der Waals surface area contributed by atoms with Crippen LogP contribution in [-0.4, -0.2) is 23.9 Å². The Morgan fingerprint density at radius 2 is 1.95 bits per heavy atom. The molecule has 0 saturated heterocycles. The third-order valence-electron chi connectivity index (χ3n) is 3.48. The lowest BCUT2D eigenvalue weighted by Crippen LogP contribution is -1.96. The Hall–Kier alpha value is -3.02. The van der Waals surface area contributed by atoms with E-state index in [1.54, 1.807) is 7.11 Å². The Balaban J connectivity index is 1.72. The van der Waals surface area contributed by atoms with Crippen molar-refractivity contribution in [1.29, 1.82) is 0 Å². The first-order valence-electron chi connectivity index (χ1n) is 6.79. The molecule has 110 valence electrons. The van der Waals surface area contributed by atoms with Gasteiger partial charge < -0.3 is 19.5 Å². The lowest BCUT2D eigenvalue weighted by atomic mass is 10.2. The van der Waals surface area contributed by atoms with Crippen molar-refractivity contribution in [3.63, 3.8) is 0 Å². The maximum Gasteiger partial charge on any atom is 0.231 e. The molecule has 4 rings (SSSR count). The SMILES string of the molecule is COc1ccc2c(Nc3ccc4c(c3)OCO4)ncnc2c1. The lowest BCUT2D eigenvalue weighted by Gasteiger charge is -2.09. The Morgan fingerprint density at radius 1 is 1.05 bits per heavy atom. The fraction of sp³-hybridized carbons (Fsp3) is 0.125. The first-order chi connectivity index (χ1) is 10.8. The molecular weight excluding hydrogens is 282 g/mol. The van der Waals surface area contributed by atoms with Crippen LogP contribution < -0.4 is 19.5 Å². The summed E-state index contributed by atoms with van der Waals surface area (Å²) < 4.78 is 15.9. The first-order valence-corrected chi connectivity index (χ1v) is 6.79. The van der Waals surface area contributed by atoms with E-state index in [1.807, 2.05) is 36.4 Å². The van der Waals surface area contributed by atoms with Gasteiger partial charge in [-0.2, -0.15) is 0 Å². The van der Waals surface area contributed by atoms with Gasteiger partial charge in [-0.25, -0.2) is 9.97 Å². The number of anilines is 2. The summed E-state index contributed by atoms with van der Waals surface area (Å²) in [5.41, 5.74) is 1.69. The monoisotopic (exact) mass is 295 g/mol. The van der Waals surface area contributed by atoms with Crippen LogP contribution in [-0.2, 0) is 0 Å². The van der Waals surface area contributed by atoms with Crippen LogP contribution in [0.3, 0.4) is 0 Å². The zero-order chi connectivity index (χ0) is 14.9. The van der Waals surface area contributed by atoms with E-state index in [1.165, 1.54) is 6.33 Å². The van der Waals surface area contributed by atoms with Crippen LogP contribution in [0.5, 0.6) is 17.2 Å². The number of methoxy groups -OCH3 is 1. The largest absolute Gasteiger partial charge is 0.497 e. The molecule has 0 amide bonds. The highest BCUT2D eigenvalue weighted by atomic mass is 16.7. The fourth-order valence-corrected chi connectivity index (χ4v) is 2.37. The smallest absolute Gasteiger partial charge is 0.231 e. The quantitative estimate of drug-likeness (QED) is 0.801. The zero-order valence-corrected chi connectivity index (χ0v) is 11.9. The second-order valence-corrected chi connectivity index (χ2v) is 4.80. The summed E-state index contributed by atoms with van der Waals surface area (Å²) in [4.78, 5) is 8.59. The molecule has 0 unspecified atom stereocenters. The molecule has 1 N–H and O–H groups in total. The van der Waals surface area contributed by atoms with E-state index in [9.17, 15) is 0 Å². The third-order valence-corrected chi connectivity index (χ3v) is 3.48. The van der Waals surface area contributed by atoms with Crippen LogP contribution in [0, 0.1) is 0 Å². The molecule has 0 aliphatic carbocycles. The molecule has 0 radical (unpaired) electrons. The summed E-state index contributed by atoms with van der Waals surface area (Å²) in [6.07, 6.45) is 1.52. The maximum absolute atomic E-state index is 5.38. The van der Waals surface area contributed by atoms with Gasteiger partial charge >= 0.3 is 0 Å². The van der Waals surface area contributed by atoms with Gasteiger partial charge in [0.25, 0.3) is 0 Å². The van der Waals surface area contributed by atoms with Crippen molar-refractivity contribution in [3.8, 4) is 17.2 Å². The van der Waals surface area contributed by atoms with E-state index in [0.717, 1.165) is 39.7 Å². The van der Waals surface area contributed by atoms with E-state index in [-0.39, 0.29) is 6.79 Å². The van der Waals surface area contributed by atoms with Crippen LogP contribution in [0.15, 0.2) is 42.7 Å². The molecule has 0 spiro atoms. The van der Waals surface area contributed by atoms with Crippen molar-refractivity contribution in [2.75, 3.05) is 19.2 Å². The maximum atomic E-state index is 5.38. The average molecular weight is 295 g/mol. The van der Waals surface area contributed by atoms with Gasteiger partial charge in [-0.1, -0.05) is 0 Å². The molecule has 0 saturated carbocycles. The minimum Gasteiger partial charge on any atom is -0.497 e. The lowest BCUT2D eigenvalue weighted by molar-refractivity contribution is 0.174. The normalized spacial score (nSPS) is 12.4. The van der Waals surface area contributed by atoms with Gasteiger partial charge in [-0.05, 0) is 24.3 Å². The number of aromatic nitrogens is 2. The molecule has 22 heavy (non-hydrogen) atoms. The molecule has 0 bridgehead atoms. The number of benzene rings is 2. The zero-order valence-electron chi connectivity index (χ0n) is 11.9. The van der Waals surface area contributed by atoms with Crippen molar-refractivity contribution >= 4 is 22.4 Å². The first kappa shape index (κ1) is 12.7. The summed E-state index contributed by atoms with van der Waals surface area (Å²) in [5.74, 6) is 2.97. The van der Waals surface area contributed by atoms with Gasteiger partial charge in [0.15, 0.2) is 11.5 Å². The predicted octanol–water partition coefficient (Wildman–Crippen LogP) is 3.11. The minimum absolute atomic E-state index is 0.259. The molecule has 1 aliphatic heterocycles. The summed E-state index contributed by atoms with van der Waals surface area (Å²) >= 11 is 0. The number of hydrogen-bond acceptors (Lipinski definition) is 6. The van der Waals surface area contributed by atoms with E-state index in [2.05, 4.69) is 15.3 Å². The number of nitrogens with zero attached hydrogens (tertiary/aromatic N) is 2. The Kier molecular flexibility index (Phi) is 2.93. The molecule has 3 aromatic rings. The van der Waals surface area contributed by atoms with Crippen molar-refractivity contribution in [2.24, 2.45) is 0 Å². The van der Waals surface area contributed by atoms with Crippen molar-refractivity contribution < 1.29 is 14.2 Å². The number of fused-ring (bicyclic) bond motifs is 2. The minimum atomic E-state index is 0.259. The molecule has 1 aromatic heterocycles. The van der Waals surface area contributed by atoms with Crippen molar-refractivity contribution in [3.05, 3.63) is 42.7 Å². The van der Waals surface area contributed by atoms with Crippen LogP contribution in [0.25, 0.3) is 10.9 Å². The Labute approximate surface area is 126 Å². The highest BCUT2D eigenvalue weighted by Gasteiger charge is 2.14. The molecule has 2 heterocycles. The topological polar surface area (TPSA) is 65.5 Å². The molecule has 6 nitrogen and oxygen atoms in total. The van der Waals surface area contributed by atoms with Crippen molar-refractivity contribution in [2.45, 2.75) is 0 Å². The molecule has 1 aliphatic rings. The van der Waals surface area contributed by atoms with Crippen molar-refractivity contribution in [1.82, 2.24) is 9.97 Å². The summed E-state index contributed by atoms with van der Waals surface area (Å²) in [5, 5.41) is 4.20. The van der Waals surface area contributed by atoms with E-state index in [4.69, 9.17) is 14.2 Å². The van der Waals surface area contributed by atoms with Gasteiger partial charge in [0.05, 0.1) is 12.6 Å². The second-order valence-electron chi connectivity index (χ2n) is 4.80. The Bertz CT molecular complexity index is 851. The summed E-state index contributed by atoms with van der Waals surface area (Å²) in [6, 6.07) is 11.4. The van der Waals surface area contributed by atoms with Crippen LogP contribution >= 0.6 is 0 Å². The third kappa shape index (κ3) is 2.14.